The molecule has 7 nitrogen and oxygen atoms in total. The van der Waals surface area contributed by atoms with Gasteiger partial charge in [-0.15, -0.1) is 0 Å². The number of aromatic nitrogens is 2. The lowest BCUT2D eigenvalue weighted by molar-refractivity contribution is -0.108. The molecule has 3 unspecified atom stereocenters. The van der Waals surface area contributed by atoms with Gasteiger partial charge in [0.2, 0.25) is 5.95 Å². The summed E-state index contributed by atoms with van der Waals surface area (Å²) in [4.78, 5) is 11.9. The fraction of sp³-hybridized carbons (Fsp3) is 0.607. The van der Waals surface area contributed by atoms with Crippen LogP contribution in [0.4, 0.5) is 11.8 Å². The summed E-state index contributed by atoms with van der Waals surface area (Å²) < 4.78 is 0. The van der Waals surface area contributed by atoms with Crippen molar-refractivity contribution >= 4 is 11.8 Å². The molecule has 5 atom stereocenters. The summed E-state index contributed by atoms with van der Waals surface area (Å²) in [5.74, 6) is 3.77. The summed E-state index contributed by atoms with van der Waals surface area (Å²) in [6, 6.07) is 11.4. The highest BCUT2D eigenvalue weighted by atomic mass is 15.2. The minimum Gasteiger partial charge on any atom is -0.368 e. The molecule has 1 aromatic heterocycles. The fourth-order valence-electron chi connectivity index (χ4n) is 7.90. The molecule has 4 saturated carbocycles. The quantitative estimate of drug-likeness (QED) is 0.566. The molecule has 0 spiro atoms. The van der Waals surface area contributed by atoms with Crippen molar-refractivity contribution in [2.75, 3.05) is 43.4 Å². The van der Waals surface area contributed by atoms with Crippen LogP contribution >= 0.6 is 0 Å². The van der Waals surface area contributed by atoms with E-state index in [0.29, 0.717) is 29.3 Å². The van der Waals surface area contributed by atoms with Crippen molar-refractivity contribution in [3.8, 4) is 6.07 Å². The molecule has 5 aliphatic rings. The molecule has 4 aliphatic carbocycles. The van der Waals surface area contributed by atoms with E-state index < -0.39 is 0 Å². The van der Waals surface area contributed by atoms with E-state index in [1.54, 1.807) is 6.20 Å². The van der Waals surface area contributed by atoms with Crippen LogP contribution in [-0.4, -0.2) is 53.6 Å². The zero-order valence-electron chi connectivity index (χ0n) is 20.8. The highest BCUT2D eigenvalue weighted by Crippen LogP contribution is 2.61. The molecule has 5 fully saturated rings. The molecule has 7 rings (SSSR count). The Morgan fingerprint density at radius 1 is 1.11 bits per heavy atom. The number of aryl methyl sites for hydroxylation is 1. The summed E-state index contributed by atoms with van der Waals surface area (Å²) in [6.45, 7) is 8.38. The second-order valence-corrected chi connectivity index (χ2v) is 11.4. The van der Waals surface area contributed by atoms with Gasteiger partial charge in [-0.1, -0.05) is 24.3 Å². The van der Waals surface area contributed by atoms with Crippen molar-refractivity contribution in [1.82, 2.24) is 20.2 Å². The summed E-state index contributed by atoms with van der Waals surface area (Å²) in [5.41, 5.74) is 3.33. The molecular formula is C28H37N7. The van der Waals surface area contributed by atoms with E-state index in [-0.39, 0.29) is 0 Å². The van der Waals surface area contributed by atoms with Gasteiger partial charge in [0, 0.05) is 45.3 Å². The number of nitrogens with zero attached hydrogens (tertiary/aromatic N) is 4. The topological polar surface area (TPSA) is 88.9 Å². The van der Waals surface area contributed by atoms with Gasteiger partial charge in [0.15, 0.2) is 0 Å². The Hall–Kier alpha value is -2.69. The lowest BCUT2D eigenvalue weighted by Crippen LogP contribution is -2.62. The molecule has 0 radical (unpaired) electrons. The van der Waals surface area contributed by atoms with Crippen molar-refractivity contribution in [3.63, 3.8) is 0 Å². The maximum atomic E-state index is 9.69. The number of rotatable bonds is 7. The van der Waals surface area contributed by atoms with E-state index in [1.807, 2.05) is 0 Å². The molecule has 1 saturated heterocycles. The van der Waals surface area contributed by atoms with Gasteiger partial charge in [0.1, 0.15) is 17.5 Å². The molecule has 184 valence electrons. The molecule has 7 heteroatoms. The standard InChI is InChI=1S/C28H37N7/c1-19-4-2-3-5-21(19)16-31-27-32-17-24(15-29)26(34-27)33-18-28-12-20-10-22(13-28)25(23(11-20)14-28)35-8-6-30-7-9-35/h2-5,17,20,22-23,25,30H,6-14,16,18H2,1H3,(H2,31,32,33,34)/t20?,22-,23+,25?,28?. The molecule has 2 heterocycles. The summed E-state index contributed by atoms with van der Waals surface area (Å²) >= 11 is 0. The van der Waals surface area contributed by atoms with Crippen molar-refractivity contribution in [2.24, 2.45) is 23.2 Å². The van der Waals surface area contributed by atoms with E-state index in [1.165, 1.54) is 56.3 Å². The first kappa shape index (κ1) is 22.8. The summed E-state index contributed by atoms with van der Waals surface area (Å²) in [7, 11) is 0. The predicted octanol–water partition coefficient (Wildman–Crippen LogP) is 3.78. The van der Waals surface area contributed by atoms with E-state index in [4.69, 9.17) is 4.98 Å². The van der Waals surface area contributed by atoms with Crippen molar-refractivity contribution in [1.29, 1.82) is 5.26 Å². The number of nitriles is 1. The lowest BCUT2D eigenvalue weighted by Gasteiger charge is -2.62. The zero-order chi connectivity index (χ0) is 23.8. The highest BCUT2D eigenvalue weighted by molar-refractivity contribution is 5.53. The largest absolute Gasteiger partial charge is 0.368 e. The number of piperazine rings is 1. The third-order valence-electron chi connectivity index (χ3n) is 9.16. The molecule has 35 heavy (non-hydrogen) atoms. The van der Waals surface area contributed by atoms with Gasteiger partial charge < -0.3 is 16.0 Å². The van der Waals surface area contributed by atoms with E-state index in [2.05, 4.69) is 63.1 Å². The number of hydrogen-bond acceptors (Lipinski definition) is 7. The van der Waals surface area contributed by atoms with Crippen LogP contribution in [0.5, 0.6) is 0 Å². The normalized spacial score (nSPS) is 31.8. The van der Waals surface area contributed by atoms with Crippen LogP contribution in [0.3, 0.4) is 0 Å². The van der Waals surface area contributed by atoms with Gasteiger partial charge in [-0.3, -0.25) is 4.90 Å². The Kier molecular flexibility index (Phi) is 6.11. The van der Waals surface area contributed by atoms with Crippen LogP contribution in [0.25, 0.3) is 0 Å². The second kappa shape index (κ2) is 9.40. The van der Waals surface area contributed by atoms with Crippen LogP contribution < -0.4 is 16.0 Å². The first-order valence-corrected chi connectivity index (χ1v) is 13.4. The second-order valence-electron chi connectivity index (χ2n) is 11.4. The Morgan fingerprint density at radius 2 is 1.89 bits per heavy atom. The predicted molar refractivity (Wildman–Crippen MR) is 138 cm³/mol. The Bertz CT molecular complexity index is 1090. The molecule has 0 amide bonds. The van der Waals surface area contributed by atoms with Crippen molar-refractivity contribution in [2.45, 2.75) is 51.6 Å². The van der Waals surface area contributed by atoms with Gasteiger partial charge in [-0.25, -0.2) is 4.98 Å². The summed E-state index contributed by atoms with van der Waals surface area (Å²) in [5, 5.41) is 20.2. The Balaban J connectivity index is 1.14. The average Bonchev–Trinajstić information content (AvgIpc) is 2.87. The molecule has 3 N–H and O–H groups in total. The Morgan fingerprint density at radius 3 is 2.63 bits per heavy atom. The molecule has 1 aromatic carbocycles. The Labute approximate surface area is 208 Å². The fourth-order valence-corrected chi connectivity index (χ4v) is 7.90. The van der Waals surface area contributed by atoms with Crippen LogP contribution in [-0.2, 0) is 6.54 Å². The summed E-state index contributed by atoms with van der Waals surface area (Å²) in [6.07, 6.45) is 8.43. The average molecular weight is 472 g/mol. The van der Waals surface area contributed by atoms with Crippen LogP contribution in [0.15, 0.2) is 30.5 Å². The minimum atomic E-state index is 0.341. The van der Waals surface area contributed by atoms with Gasteiger partial charge in [-0.05, 0) is 73.3 Å². The van der Waals surface area contributed by atoms with Crippen LogP contribution in [0, 0.1) is 41.4 Å². The molecule has 1 aliphatic heterocycles. The SMILES string of the molecule is Cc1ccccc1CNc1ncc(C#N)c(NCC23CC4C[C@H](C2)C(N2CCNCC2)[C@@H](C4)C3)n1. The third kappa shape index (κ3) is 4.50. The lowest BCUT2D eigenvalue weighted by atomic mass is 9.47. The molecule has 2 aromatic rings. The smallest absolute Gasteiger partial charge is 0.224 e. The molecule has 4 bridgehead atoms. The highest BCUT2D eigenvalue weighted by Gasteiger charge is 2.56. The first-order valence-electron chi connectivity index (χ1n) is 13.4. The van der Waals surface area contributed by atoms with Gasteiger partial charge in [0.05, 0.1) is 6.20 Å². The zero-order valence-corrected chi connectivity index (χ0v) is 20.8. The van der Waals surface area contributed by atoms with Crippen LogP contribution in [0.2, 0.25) is 0 Å². The van der Waals surface area contributed by atoms with E-state index in [9.17, 15) is 5.26 Å². The van der Waals surface area contributed by atoms with E-state index >= 15 is 0 Å². The monoisotopic (exact) mass is 471 g/mol. The van der Waals surface area contributed by atoms with Gasteiger partial charge in [-0.2, -0.15) is 10.2 Å². The van der Waals surface area contributed by atoms with E-state index in [0.717, 1.165) is 43.4 Å². The minimum absolute atomic E-state index is 0.341. The van der Waals surface area contributed by atoms with Crippen molar-refractivity contribution in [3.05, 3.63) is 47.2 Å². The number of hydrogen-bond donors (Lipinski definition) is 3. The van der Waals surface area contributed by atoms with Crippen molar-refractivity contribution < 1.29 is 0 Å². The number of anilines is 2. The maximum Gasteiger partial charge on any atom is 0.224 e. The first-order chi connectivity index (χ1) is 17.1. The number of nitrogens with one attached hydrogen (secondary N) is 3. The van der Waals surface area contributed by atoms with Crippen LogP contribution in [0.1, 0.15) is 48.8 Å². The number of benzene rings is 1. The van der Waals surface area contributed by atoms with Gasteiger partial charge >= 0.3 is 0 Å². The maximum absolute atomic E-state index is 9.69. The van der Waals surface area contributed by atoms with Gasteiger partial charge in [0.25, 0.3) is 0 Å². The molecular weight excluding hydrogens is 434 g/mol. The third-order valence-corrected chi connectivity index (χ3v) is 9.16.